The summed E-state index contributed by atoms with van der Waals surface area (Å²) in [7, 11) is 0. The lowest BCUT2D eigenvalue weighted by Crippen LogP contribution is -2.24. The van der Waals surface area contributed by atoms with Crippen molar-refractivity contribution in [3.05, 3.63) is 84.2 Å². The zero-order valence-corrected chi connectivity index (χ0v) is 14.3. The van der Waals surface area contributed by atoms with E-state index in [2.05, 4.69) is 30.9 Å². The number of carbonyl (C=O) groups is 1. The Morgan fingerprint density at radius 3 is 2.74 bits per heavy atom. The Morgan fingerprint density at radius 1 is 1.04 bits per heavy atom. The smallest absolute Gasteiger partial charge is 0.253 e. The number of amides is 1. The zero-order chi connectivity index (χ0) is 18.5. The van der Waals surface area contributed by atoms with Gasteiger partial charge in [0.15, 0.2) is 0 Å². The first-order valence-corrected chi connectivity index (χ1v) is 8.30. The number of para-hydroxylation sites is 1. The molecule has 134 valence electrons. The maximum absolute atomic E-state index is 12.7. The quantitative estimate of drug-likeness (QED) is 0.555. The predicted octanol–water partition coefficient (Wildman–Crippen LogP) is 1.23. The van der Waals surface area contributed by atoms with Crippen LogP contribution in [0.25, 0.3) is 5.69 Å². The van der Waals surface area contributed by atoms with Crippen LogP contribution in [0.5, 0.6) is 0 Å². The van der Waals surface area contributed by atoms with Crippen LogP contribution in [-0.2, 0) is 13.1 Å². The molecule has 0 spiro atoms. The van der Waals surface area contributed by atoms with E-state index in [9.17, 15) is 4.79 Å². The Balaban J connectivity index is 1.46. The van der Waals surface area contributed by atoms with Gasteiger partial charge >= 0.3 is 0 Å². The van der Waals surface area contributed by atoms with Crippen molar-refractivity contribution in [1.82, 2.24) is 40.3 Å². The van der Waals surface area contributed by atoms with Crippen LogP contribution < -0.4 is 5.32 Å². The second-order valence-electron chi connectivity index (χ2n) is 5.87. The van der Waals surface area contributed by atoms with Crippen LogP contribution >= 0.6 is 0 Å². The van der Waals surface area contributed by atoms with E-state index in [1.165, 1.54) is 17.3 Å². The third-order valence-electron chi connectivity index (χ3n) is 4.00. The van der Waals surface area contributed by atoms with E-state index in [4.69, 9.17) is 0 Å². The van der Waals surface area contributed by atoms with Crippen LogP contribution in [0.1, 0.15) is 21.5 Å². The average Bonchev–Trinajstić information content (AvgIpc) is 3.41. The van der Waals surface area contributed by atoms with Gasteiger partial charge in [-0.2, -0.15) is 9.78 Å². The highest BCUT2D eigenvalue weighted by molar-refractivity contribution is 5.97. The fraction of sp³-hybridized carbons (Fsp3) is 0.111. The Labute approximate surface area is 154 Å². The summed E-state index contributed by atoms with van der Waals surface area (Å²) in [5, 5.41) is 18.2. The van der Waals surface area contributed by atoms with Crippen LogP contribution in [0.2, 0.25) is 0 Å². The highest BCUT2D eigenvalue weighted by Crippen LogP contribution is 2.13. The number of tetrazole rings is 1. The summed E-state index contributed by atoms with van der Waals surface area (Å²) < 4.78 is 3.22. The molecule has 0 bridgehead atoms. The molecule has 0 aliphatic carbocycles. The first kappa shape index (κ1) is 16.6. The Morgan fingerprint density at radius 2 is 1.93 bits per heavy atom. The molecule has 4 rings (SSSR count). The van der Waals surface area contributed by atoms with Gasteiger partial charge in [0.1, 0.15) is 19.0 Å². The lowest BCUT2D eigenvalue weighted by molar-refractivity contribution is 0.0950. The second kappa shape index (κ2) is 7.56. The number of aromatic nitrogens is 7. The maximum Gasteiger partial charge on any atom is 0.253 e. The molecule has 0 aliphatic heterocycles. The summed E-state index contributed by atoms with van der Waals surface area (Å²) in [6.45, 7) is 1.04. The number of nitrogens with zero attached hydrogens (tertiary/aromatic N) is 7. The van der Waals surface area contributed by atoms with Crippen LogP contribution in [0, 0.1) is 0 Å². The van der Waals surface area contributed by atoms with Gasteiger partial charge < -0.3 is 5.32 Å². The molecule has 0 saturated heterocycles. The molecule has 1 amide bonds. The molecular formula is C18H16N8O. The highest BCUT2D eigenvalue weighted by Gasteiger charge is 2.13. The van der Waals surface area contributed by atoms with E-state index in [-0.39, 0.29) is 5.91 Å². The number of carbonyl (C=O) groups excluding carboxylic acids is 1. The molecule has 4 aromatic rings. The maximum atomic E-state index is 12.7. The van der Waals surface area contributed by atoms with Gasteiger partial charge in [-0.3, -0.25) is 4.79 Å². The second-order valence-corrected chi connectivity index (χ2v) is 5.87. The van der Waals surface area contributed by atoms with Crippen molar-refractivity contribution in [3.63, 3.8) is 0 Å². The minimum absolute atomic E-state index is 0.192. The summed E-state index contributed by atoms with van der Waals surface area (Å²) in [6.07, 6.45) is 4.64. The SMILES string of the molecule is O=C(NCc1cccc(Cn2cncn2)c1)c1ccccc1-n1cnnn1. The normalized spacial score (nSPS) is 10.7. The third-order valence-corrected chi connectivity index (χ3v) is 4.00. The fourth-order valence-corrected chi connectivity index (χ4v) is 2.75. The third kappa shape index (κ3) is 3.87. The van der Waals surface area contributed by atoms with Crippen molar-refractivity contribution < 1.29 is 4.79 Å². The van der Waals surface area contributed by atoms with Crippen molar-refractivity contribution in [2.75, 3.05) is 0 Å². The average molecular weight is 360 g/mol. The predicted molar refractivity (Wildman–Crippen MR) is 95.9 cm³/mol. The molecule has 2 heterocycles. The van der Waals surface area contributed by atoms with E-state index in [1.807, 2.05) is 36.4 Å². The van der Waals surface area contributed by atoms with Crippen LogP contribution in [-0.4, -0.2) is 40.9 Å². The molecule has 0 unspecified atom stereocenters. The number of hydrogen-bond donors (Lipinski definition) is 1. The van der Waals surface area contributed by atoms with Crippen molar-refractivity contribution in [2.45, 2.75) is 13.1 Å². The summed E-state index contributed by atoms with van der Waals surface area (Å²) in [5.41, 5.74) is 3.21. The van der Waals surface area contributed by atoms with Crippen LogP contribution in [0.3, 0.4) is 0 Å². The minimum Gasteiger partial charge on any atom is -0.348 e. The molecular weight excluding hydrogens is 344 g/mol. The van der Waals surface area contributed by atoms with Crippen LogP contribution in [0.15, 0.2) is 67.5 Å². The largest absolute Gasteiger partial charge is 0.348 e. The Kier molecular flexibility index (Phi) is 4.64. The Hall–Kier alpha value is -3.88. The number of nitrogens with one attached hydrogen (secondary N) is 1. The van der Waals surface area contributed by atoms with Crippen molar-refractivity contribution in [1.29, 1.82) is 0 Å². The summed E-state index contributed by atoms with van der Waals surface area (Å²) >= 11 is 0. The van der Waals surface area contributed by atoms with E-state index in [0.29, 0.717) is 24.3 Å². The number of benzene rings is 2. The van der Waals surface area contributed by atoms with E-state index < -0.39 is 0 Å². The molecule has 27 heavy (non-hydrogen) atoms. The molecule has 9 heteroatoms. The Bertz CT molecular complexity index is 1030. The topological polar surface area (TPSA) is 103 Å². The van der Waals surface area contributed by atoms with Gasteiger partial charge in [-0.25, -0.2) is 9.67 Å². The summed E-state index contributed by atoms with van der Waals surface area (Å²) in [6, 6.07) is 15.2. The van der Waals surface area contributed by atoms with E-state index in [1.54, 1.807) is 23.1 Å². The first-order valence-electron chi connectivity index (χ1n) is 8.30. The van der Waals surface area contributed by atoms with Gasteiger partial charge in [0.2, 0.25) is 0 Å². The van der Waals surface area contributed by atoms with Gasteiger partial charge in [0.25, 0.3) is 5.91 Å². The molecule has 0 aliphatic rings. The number of rotatable bonds is 6. The molecule has 0 saturated carbocycles. The lowest BCUT2D eigenvalue weighted by atomic mass is 10.1. The molecule has 0 fully saturated rings. The van der Waals surface area contributed by atoms with E-state index >= 15 is 0 Å². The standard InChI is InChI=1S/C18H16N8O/c27-18(16-6-1-2-7-17(16)26-13-21-23-24-26)20-9-14-4-3-5-15(8-14)10-25-12-19-11-22-25/h1-8,11-13H,9-10H2,(H,20,27). The van der Waals surface area contributed by atoms with Crippen molar-refractivity contribution in [2.24, 2.45) is 0 Å². The summed E-state index contributed by atoms with van der Waals surface area (Å²) in [5.74, 6) is -0.192. The minimum atomic E-state index is -0.192. The van der Waals surface area contributed by atoms with Gasteiger partial charge in [0, 0.05) is 6.54 Å². The van der Waals surface area contributed by atoms with Gasteiger partial charge in [-0.15, -0.1) is 5.10 Å². The van der Waals surface area contributed by atoms with Gasteiger partial charge in [0.05, 0.1) is 17.8 Å². The van der Waals surface area contributed by atoms with Crippen molar-refractivity contribution in [3.8, 4) is 5.69 Å². The molecule has 1 N–H and O–H groups in total. The molecule has 0 radical (unpaired) electrons. The molecule has 0 atom stereocenters. The fourth-order valence-electron chi connectivity index (χ4n) is 2.75. The number of hydrogen-bond acceptors (Lipinski definition) is 6. The van der Waals surface area contributed by atoms with Crippen molar-refractivity contribution >= 4 is 5.91 Å². The zero-order valence-electron chi connectivity index (χ0n) is 14.3. The summed E-state index contributed by atoms with van der Waals surface area (Å²) in [4.78, 5) is 16.6. The molecule has 2 aromatic carbocycles. The monoisotopic (exact) mass is 360 g/mol. The highest BCUT2D eigenvalue weighted by atomic mass is 16.1. The molecule has 9 nitrogen and oxygen atoms in total. The molecule has 2 aromatic heterocycles. The first-order chi connectivity index (χ1) is 13.3. The van der Waals surface area contributed by atoms with Gasteiger partial charge in [-0.1, -0.05) is 36.4 Å². The lowest BCUT2D eigenvalue weighted by Gasteiger charge is -2.10. The van der Waals surface area contributed by atoms with E-state index in [0.717, 1.165) is 11.1 Å². The van der Waals surface area contributed by atoms with Crippen LogP contribution in [0.4, 0.5) is 0 Å². The van der Waals surface area contributed by atoms with Gasteiger partial charge in [-0.05, 0) is 33.7 Å².